The molecule has 0 aliphatic carbocycles. The summed E-state index contributed by atoms with van der Waals surface area (Å²) in [7, 11) is 0. The second-order valence-corrected chi connectivity index (χ2v) is 5.94. The van der Waals surface area contributed by atoms with Gasteiger partial charge in [-0.25, -0.2) is 4.39 Å². The third-order valence-electron chi connectivity index (χ3n) is 3.78. The molecule has 1 aliphatic rings. The number of amides is 1. The number of ether oxygens (including phenoxy) is 1. The lowest BCUT2D eigenvalue weighted by Crippen LogP contribution is -2.50. The maximum atomic E-state index is 13.2. The van der Waals surface area contributed by atoms with Crippen LogP contribution in [0.25, 0.3) is 0 Å². The highest BCUT2D eigenvalue weighted by atomic mass is 19.1. The molecule has 8 heteroatoms. The van der Waals surface area contributed by atoms with Crippen molar-refractivity contribution in [2.24, 2.45) is 0 Å². The van der Waals surface area contributed by atoms with Crippen molar-refractivity contribution in [2.75, 3.05) is 4.90 Å². The summed E-state index contributed by atoms with van der Waals surface area (Å²) in [6, 6.07) is 9.24. The van der Waals surface area contributed by atoms with E-state index in [-0.39, 0.29) is 22.7 Å². The Bertz CT molecular complexity index is 932. The van der Waals surface area contributed by atoms with Crippen molar-refractivity contribution >= 4 is 23.0 Å². The van der Waals surface area contributed by atoms with Crippen LogP contribution in [0.2, 0.25) is 0 Å². The van der Waals surface area contributed by atoms with Crippen LogP contribution in [-0.4, -0.2) is 16.4 Å². The Kier molecular flexibility index (Phi) is 3.64. The molecule has 126 valence electrons. The number of nitro groups is 1. The number of nitrogens with zero attached hydrogens (tertiary/aromatic N) is 3. The Morgan fingerprint density at radius 2 is 1.92 bits per heavy atom. The molecule has 25 heavy (non-hydrogen) atoms. The number of nitro benzene ring substituents is 1. The molecule has 2 aromatic rings. The molecule has 0 atom stereocenters. The van der Waals surface area contributed by atoms with Crippen LogP contribution >= 0.6 is 0 Å². The van der Waals surface area contributed by atoms with Gasteiger partial charge in [0.15, 0.2) is 11.4 Å². The van der Waals surface area contributed by atoms with Crippen molar-refractivity contribution in [1.29, 1.82) is 5.26 Å². The second-order valence-electron chi connectivity index (χ2n) is 5.94. The molecule has 1 amide bonds. The molecular formula is C17H12FN3O4. The van der Waals surface area contributed by atoms with E-state index in [0.717, 1.165) is 6.07 Å². The van der Waals surface area contributed by atoms with E-state index in [0.29, 0.717) is 5.69 Å². The molecule has 0 fully saturated rings. The topological polar surface area (TPSA) is 96.5 Å². The summed E-state index contributed by atoms with van der Waals surface area (Å²) in [6.45, 7) is 3.03. The van der Waals surface area contributed by atoms with Crippen LogP contribution in [0.4, 0.5) is 21.5 Å². The number of carbonyl (C=O) groups is 1. The Labute approximate surface area is 142 Å². The number of non-ortho nitro benzene ring substituents is 1. The number of rotatable bonds is 2. The van der Waals surface area contributed by atoms with Crippen LogP contribution in [-0.2, 0) is 4.79 Å². The second kappa shape index (κ2) is 5.56. The number of nitriles is 1. The Morgan fingerprint density at radius 1 is 1.28 bits per heavy atom. The summed E-state index contributed by atoms with van der Waals surface area (Å²) in [6.07, 6.45) is 0. The highest BCUT2D eigenvalue weighted by Gasteiger charge is 2.43. The summed E-state index contributed by atoms with van der Waals surface area (Å²) >= 11 is 0. The first-order valence-corrected chi connectivity index (χ1v) is 7.26. The molecular weight excluding hydrogens is 329 g/mol. The summed E-state index contributed by atoms with van der Waals surface area (Å²) < 4.78 is 18.9. The highest BCUT2D eigenvalue weighted by Crippen LogP contribution is 2.45. The predicted molar refractivity (Wildman–Crippen MR) is 86.1 cm³/mol. The van der Waals surface area contributed by atoms with Gasteiger partial charge in [-0.1, -0.05) is 0 Å². The van der Waals surface area contributed by atoms with E-state index < -0.39 is 22.2 Å². The van der Waals surface area contributed by atoms with Crippen molar-refractivity contribution in [1.82, 2.24) is 0 Å². The first-order chi connectivity index (χ1) is 11.7. The maximum absolute atomic E-state index is 13.2. The van der Waals surface area contributed by atoms with Gasteiger partial charge in [-0.3, -0.25) is 19.8 Å². The lowest BCUT2D eigenvalue weighted by atomic mass is 10.00. The molecule has 1 heterocycles. The fourth-order valence-corrected chi connectivity index (χ4v) is 2.62. The zero-order chi connectivity index (χ0) is 18.4. The third-order valence-corrected chi connectivity index (χ3v) is 3.78. The number of carbonyl (C=O) groups excluding carboxylic acids is 1. The number of anilines is 2. The van der Waals surface area contributed by atoms with E-state index in [1.165, 1.54) is 49.1 Å². The Morgan fingerprint density at radius 3 is 2.48 bits per heavy atom. The average molecular weight is 341 g/mol. The zero-order valence-corrected chi connectivity index (χ0v) is 13.3. The smallest absolute Gasteiger partial charge is 0.275 e. The fourth-order valence-electron chi connectivity index (χ4n) is 2.62. The standard InChI is InChI=1S/C17H12FN3O4/c1-17(2)16(22)20(12-5-3-11(18)4-6-12)15-10(9-19)7-13(21(23)24)8-14(15)25-17/h3-8H,1-2H3. The van der Waals surface area contributed by atoms with Crippen LogP contribution in [0.3, 0.4) is 0 Å². The summed E-state index contributed by atoms with van der Waals surface area (Å²) in [5.41, 5.74) is -1.29. The molecule has 3 rings (SSSR count). The van der Waals surface area contributed by atoms with Crippen molar-refractivity contribution in [3.63, 3.8) is 0 Å². The minimum absolute atomic E-state index is 0.0414. The van der Waals surface area contributed by atoms with Gasteiger partial charge in [0.2, 0.25) is 0 Å². The van der Waals surface area contributed by atoms with Gasteiger partial charge in [0.1, 0.15) is 17.6 Å². The molecule has 0 unspecified atom stereocenters. The van der Waals surface area contributed by atoms with Gasteiger partial charge in [-0.15, -0.1) is 0 Å². The van der Waals surface area contributed by atoms with Gasteiger partial charge in [0.25, 0.3) is 11.6 Å². The van der Waals surface area contributed by atoms with Crippen LogP contribution < -0.4 is 9.64 Å². The van der Waals surface area contributed by atoms with Crippen molar-refractivity contribution in [2.45, 2.75) is 19.4 Å². The highest BCUT2D eigenvalue weighted by molar-refractivity contribution is 6.09. The van der Waals surface area contributed by atoms with Crippen molar-refractivity contribution in [3.05, 3.63) is 57.9 Å². The summed E-state index contributed by atoms with van der Waals surface area (Å²) in [5, 5.41) is 20.5. The monoisotopic (exact) mass is 341 g/mol. The van der Waals surface area contributed by atoms with E-state index >= 15 is 0 Å². The molecule has 0 radical (unpaired) electrons. The molecule has 0 saturated heterocycles. The first-order valence-electron chi connectivity index (χ1n) is 7.26. The summed E-state index contributed by atoms with van der Waals surface area (Å²) in [5.74, 6) is -0.912. The molecule has 2 aromatic carbocycles. The Balaban J connectivity index is 2.30. The zero-order valence-electron chi connectivity index (χ0n) is 13.3. The lowest BCUT2D eigenvalue weighted by molar-refractivity contribution is -0.385. The number of halogens is 1. The lowest BCUT2D eigenvalue weighted by Gasteiger charge is -2.39. The molecule has 0 bridgehead atoms. The Hall–Kier alpha value is -3.47. The third kappa shape index (κ3) is 2.65. The van der Waals surface area contributed by atoms with Gasteiger partial charge in [0, 0.05) is 11.8 Å². The minimum Gasteiger partial charge on any atom is -0.475 e. The van der Waals surface area contributed by atoms with Gasteiger partial charge in [-0.2, -0.15) is 5.26 Å². The molecule has 0 aromatic heterocycles. The molecule has 1 aliphatic heterocycles. The number of hydrogen-bond acceptors (Lipinski definition) is 5. The quantitative estimate of drug-likeness (QED) is 0.616. The molecule has 0 spiro atoms. The summed E-state index contributed by atoms with van der Waals surface area (Å²) in [4.78, 5) is 24.5. The number of benzene rings is 2. The largest absolute Gasteiger partial charge is 0.475 e. The van der Waals surface area contributed by atoms with E-state index in [9.17, 15) is 24.6 Å². The number of fused-ring (bicyclic) bond motifs is 1. The van der Waals surface area contributed by atoms with E-state index in [1.807, 2.05) is 6.07 Å². The van der Waals surface area contributed by atoms with Gasteiger partial charge in [-0.05, 0) is 38.1 Å². The van der Waals surface area contributed by atoms with Crippen molar-refractivity contribution < 1.29 is 18.8 Å². The minimum atomic E-state index is -1.32. The number of hydrogen-bond donors (Lipinski definition) is 0. The average Bonchev–Trinajstić information content (AvgIpc) is 2.56. The SMILES string of the molecule is CC1(C)Oc2cc([N+](=O)[O-])cc(C#N)c2N(c2ccc(F)cc2)C1=O. The predicted octanol–water partition coefficient (Wildman–Crippen LogP) is 3.44. The van der Waals surface area contributed by atoms with Crippen LogP contribution in [0.1, 0.15) is 19.4 Å². The van der Waals surface area contributed by atoms with Crippen LogP contribution in [0.5, 0.6) is 5.75 Å². The maximum Gasteiger partial charge on any atom is 0.275 e. The van der Waals surface area contributed by atoms with E-state index in [4.69, 9.17) is 4.74 Å². The molecule has 0 saturated carbocycles. The fraction of sp³-hybridized carbons (Fsp3) is 0.176. The van der Waals surface area contributed by atoms with E-state index in [2.05, 4.69) is 0 Å². The molecule has 7 nitrogen and oxygen atoms in total. The van der Waals surface area contributed by atoms with E-state index in [1.54, 1.807) is 0 Å². The van der Waals surface area contributed by atoms with Gasteiger partial charge in [0.05, 0.1) is 16.6 Å². The van der Waals surface area contributed by atoms with Crippen LogP contribution in [0, 0.1) is 27.3 Å². The molecule has 0 N–H and O–H groups in total. The van der Waals surface area contributed by atoms with Crippen molar-refractivity contribution in [3.8, 4) is 11.8 Å². The first kappa shape index (κ1) is 16.4. The van der Waals surface area contributed by atoms with Gasteiger partial charge >= 0.3 is 0 Å². The normalized spacial score (nSPS) is 15.1. The van der Waals surface area contributed by atoms with Crippen LogP contribution in [0.15, 0.2) is 36.4 Å². The van der Waals surface area contributed by atoms with Gasteiger partial charge < -0.3 is 4.74 Å².